The molecule has 2 nitrogen and oxygen atoms in total. The summed E-state index contributed by atoms with van der Waals surface area (Å²) in [7, 11) is 0. The Balaban J connectivity index is 1.89. The van der Waals surface area contributed by atoms with Crippen LogP contribution >= 0.6 is 0 Å². The van der Waals surface area contributed by atoms with Crippen LogP contribution in [0, 0.1) is 0 Å². The zero-order valence-corrected chi connectivity index (χ0v) is 12.3. The molecule has 1 aromatic rings. The highest BCUT2D eigenvalue weighted by atomic mass is 16.3. The largest absolute Gasteiger partial charge is 0.383 e. The molecule has 4 bridgehead atoms. The van der Waals surface area contributed by atoms with E-state index in [1.54, 1.807) is 0 Å². The third kappa shape index (κ3) is 2.95. The van der Waals surface area contributed by atoms with Gasteiger partial charge < -0.3 is 5.11 Å². The number of pyridine rings is 1. The van der Waals surface area contributed by atoms with Crippen LogP contribution in [0.4, 0.5) is 0 Å². The predicted octanol–water partition coefficient (Wildman–Crippen LogP) is 4.36. The Bertz CT molecular complexity index is 494. The van der Waals surface area contributed by atoms with Crippen LogP contribution in [0.2, 0.25) is 0 Å². The van der Waals surface area contributed by atoms with Crippen molar-refractivity contribution in [2.45, 2.75) is 69.8 Å². The first kappa shape index (κ1) is 13.8. The van der Waals surface area contributed by atoms with Crippen molar-refractivity contribution in [3.63, 3.8) is 0 Å². The van der Waals surface area contributed by atoms with Crippen molar-refractivity contribution in [1.82, 2.24) is 4.98 Å². The van der Waals surface area contributed by atoms with Crippen LogP contribution in [0.5, 0.6) is 0 Å². The van der Waals surface area contributed by atoms with E-state index in [1.165, 1.54) is 44.1 Å². The van der Waals surface area contributed by atoms with E-state index >= 15 is 0 Å². The lowest BCUT2D eigenvalue weighted by Gasteiger charge is -2.31. The van der Waals surface area contributed by atoms with Crippen LogP contribution in [0.1, 0.15) is 74.6 Å². The van der Waals surface area contributed by atoms with Gasteiger partial charge in [0.15, 0.2) is 0 Å². The van der Waals surface area contributed by atoms with Crippen molar-refractivity contribution >= 4 is 6.08 Å². The van der Waals surface area contributed by atoms with E-state index in [9.17, 15) is 5.11 Å². The van der Waals surface area contributed by atoms with Gasteiger partial charge in [0.25, 0.3) is 0 Å². The molecular formula is C18H25NO. The summed E-state index contributed by atoms with van der Waals surface area (Å²) in [4.78, 5) is 4.62. The van der Waals surface area contributed by atoms with Crippen LogP contribution in [-0.2, 0) is 12.0 Å². The fourth-order valence-electron chi connectivity index (χ4n) is 3.51. The zero-order chi connectivity index (χ0) is 13.8. The van der Waals surface area contributed by atoms with Gasteiger partial charge in [-0.1, -0.05) is 50.7 Å². The number of aliphatic hydroxyl groups is 1. The van der Waals surface area contributed by atoms with Crippen LogP contribution in [0.15, 0.2) is 18.3 Å². The van der Waals surface area contributed by atoms with Gasteiger partial charge in [0.2, 0.25) is 0 Å². The molecule has 0 amide bonds. The fraction of sp³-hybridized carbons (Fsp3) is 0.611. The molecule has 0 unspecified atom stereocenters. The van der Waals surface area contributed by atoms with Gasteiger partial charge in [0, 0.05) is 12.6 Å². The molecule has 0 spiro atoms. The molecule has 2 heterocycles. The van der Waals surface area contributed by atoms with Gasteiger partial charge in [-0.15, -0.1) is 0 Å². The minimum Gasteiger partial charge on any atom is -0.383 e. The van der Waals surface area contributed by atoms with E-state index in [0.717, 1.165) is 30.5 Å². The maximum absolute atomic E-state index is 10.9. The normalized spacial score (nSPS) is 27.2. The summed E-state index contributed by atoms with van der Waals surface area (Å²) in [5.74, 6) is 0. The summed E-state index contributed by atoms with van der Waals surface area (Å²) >= 11 is 0. The quantitative estimate of drug-likeness (QED) is 0.760. The predicted molar refractivity (Wildman–Crippen MR) is 82.4 cm³/mol. The molecule has 20 heavy (non-hydrogen) atoms. The number of rotatable bonds is 0. The maximum Gasteiger partial charge on any atom is 0.110 e. The van der Waals surface area contributed by atoms with Gasteiger partial charge in [0.1, 0.15) is 5.60 Å². The van der Waals surface area contributed by atoms with E-state index in [2.05, 4.69) is 23.2 Å². The second-order valence-electron chi connectivity index (χ2n) is 6.39. The molecule has 1 aliphatic heterocycles. The summed E-state index contributed by atoms with van der Waals surface area (Å²) in [5.41, 5.74) is 2.62. The molecule has 1 aromatic heterocycles. The van der Waals surface area contributed by atoms with E-state index < -0.39 is 5.60 Å². The standard InChI is InChI=1S/C18H25NO/c20-18-11-7-5-3-1-2-4-6-9-15-13-16(10-8-12-18)17(18)19-14-15/h8,10,13-14,20H,1-7,9,11-12H2/t18-/m1/s1. The Kier molecular flexibility index (Phi) is 4.21. The summed E-state index contributed by atoms with van der Waals surface area (Å²) in [6.07, 6.45) is 17.8. The summed E-state index contributed by atoms with van der Waals surface area (Å²) in [6, 6.07) is 2.23. The zero-order valence-electron chi connectivity index (χ0n) is 12.3. The number of aryl methyl sites for hydroxylation is 1. The summed E-state index contributed by atoms with van der Waals surface area (Å²) < 4.78 is 0. The Morgan fingerprint density at radius 3 is 2.60 bits per heavy atom. The second-order valence-corrected chi connectivity index (χ2v) is 6.39. The number of aromatic nitrogens is 1. The van der Waals surface area contributed by atoms with Crippen LogP contribution in [-0.4, -0.2) is 10.1 Å². The van der Waals surface area contributed by atoms with Gasteiger partial charge >= 0.3 is 0 Å². The van der Waals surface area contributed by atoms with E-state index in [-0.39, 0.29) is 0 Å². The van der Waals surface area contributed by atoms with Crippen molar-refractivity contribution in [3.05, 3.63) is 35.2 Å². The minimum atomic E-state index is -0.729. The smallest absolute Gasteiger partial charge is 0.110 e. The van der Waals surface area contributed by atoms with Crippen LogP contribution < -0.4 is 0 Å². The minimum absolute atomic E-state index is 0.715. The monoisotopic (exact) mass is 271 g/mol. The molecule has 0 saturated heterocycles. The van der Waals surface area contributed by atoms with Gasteiger partial charge in [-0.3, -0.25) is 4.98 Å². The van der Waals surface area contributed by atoms with Crippen molar-refractivity contribution in [2.75, 3.05) is 0 Å². The van der Waals surface area contributed by atoms with Crippen molar-refractivity contribution < 1.29 is 5.11 Å². The van der Waals surface area contributed by atoms with Gasteiger partial charge in [-0.2, -0.15) is 0 Å². The van der Waals surface area contributed by atoms with Gasteiger partial charge in [-0.05, 0) is 36.5 Å². The molecule has 2 heteroatoms. The highest BCUT2D eigenvalue weighted by Gasteiger charge is 2.33. The van der Waals surface area contributed by atoms with E-state index in [1.807, 2.05) is 6.20 Å². The van der Waals surface area contributed by atoms with E-state index in [4.69, 9.17) is 0 Å². The number of hydrogen-bond donors (Lipinski definition) is 1. The lowest BCUT2D eigenvalue weighted by Crippen LogP contribution is -2.29. The first-order valence-electron chi connectivity index (χ1n) is 8.16. The lowest BCUT2D eigenvalue weighted by atomic mass is 9.82. The number of fused-ring (bicyclic) bond motifs is 9. The topological polar surface area (TPSA) is 33.1 Å². The molecule has 108 valence electrons. The molecular weight excluding hydrogens is 246 g/mol. The Hall–Kier alpha value is -1.15. The van der Waals surface area contributed by atoms with E-state index in [0.29, 0.717) is 6.42 Å². The molecule has 0 radical (unpaired) electrons. The van der Waals surface area contributed by atoms with Crippen LogP contribution in [0.25, 0.3) is 6.08 Å². The van der Waals surface area contributed by atoms with Crippen molar-refractivity contribution in [3.8, 4) is 0 Å². The fourth-order valence-corrected chi connectivity index (χ4v) is 3.51. The molecule has 1 N–H and O–H groups in total. The average molecular weight is 271 g/mol. The molecule has 3 aliphatic rings. The summed E-state index contributed by atoms with van der Waals surface area (Å²) in [6.45, 7) is 0. The summed E-state index contributed by atoms with van der Waals surface area (Å²) in [5, 5.41) is 10.9. The SMILES string of the molecule is O[C@]12CC=Cc3cc(cnc31)CCCCCCCCC2. The molecule has 2 aliphatic carbocycles. The Labute approximate surface area is 121 Å². The molecule has 4 rings (SSSR count). The highest BCUT2D eigenvalue weighted by Crippen LogP contribution is 2.37. The van der Waals surface area contributed by atoms with Crippen molar-refractivity contribution in [1.29, 1.82) is 0 Å². The maximum atomic E-state index is 10.9. The highest BCUT2D eigenvalue weighted by molar-refractivity contribution is 5.57. The average Bonchev–Trinajstić information content (AvgIpc) is 2.45. The Morgan fingerprint density at radius 1 is 1.00 bits per heavy atom. The van der Waals surface area contributed by atoms with Crippen molar-refractivity contribution in [2.24, 2.45) is 0 Å². The third-order valence-electron chi connectivity index (χ3n) is 4.72. The molecule has 0 saturated carbocycles. The number of nitrogens with zero attached hydrogens (tertiary/aromatic N) is 1. The number of hydrogen-bond acceptors (Lipinski definition) is 2. The first-order valence-corrected chi connectivity index (χ1v) is 8.16. The molecule has 0 aromatic carbocycles. The lowest BCUT2D eigenvalue weighted by molar-refractivity contribution is 0.0220. The van der Waals surface area contributed by atoms with Gasteiger partial charge in [-0.25, -0.2) is 0 Å². The van der Waals surface area contributed by atoms with Crippen LogP contribution in [0.3, 0.4) is 0 Å². The molecule has 0 fully saturated rings. The third-order valence-corrected chi connectivity index (χ3v) is 4.72. The van der Waals surface area contributed by atoms with Gasteiger partial charge in [0.05, 0.1) is 5.69 Å². The Morgan fingerprint density at radius 2 is 1.75 bits per heavy atom. The molecule has 1 atom stereocenters. The second kappa shape index (κ2) is 6.09. The first-order chi connectivity index (χ1) is 9.78.